The van der Waals surface area contributed by atoms with E-state index < -0.39 is 6.10 Å². The summed E-state index contributed by atoms with van der Waals surface area (Å²) < 4.78 is 16.9. The Hall–Kier alpha value is -4.19. The molecule has 0 fully saturated rings. The van der Waals surface area contributed by atoms with E-state index in [1.807, 2.05) is 0 Å². The fourth-order valence-corrected chi connectivity index (χ4v) is 8.69. The van der Waals surface area contributed by atoms with E-state index in [0.29, 0.717) is 19.3 Å². The molecule has 0 aromatic rings. The van der Waals surface area contributed by atoms with Crippen LogP contribution in [0.25, 0.3) is 0 Å². The molecule has 0 saturated carbocycles. The Balaban J connectivity index is 4.37. The van der Waals surface area contributed by atoms with Gasteiger partial charge in [-0.2, -0.15) is 0 Å². The van der Waals surface area contributed by atoms with Crippen molar-refractivity contribution in [1.29, 1.82) is 0 Å². The van der Waals surface area contributed by atoms with Crippen LogP contribution >= 0.6 is 0 Å². The number of hydrogen-bond acceptors (Lipinski definition) is 6. The van der Waals surface area contributed by atoms with Crippen LogP contribution in [0.3, 0.4) is 0 Å². The van der Waals surface area contributed by atoms with Gasteiger partial charge < -0.3 is 14.2 Å². The highest BCUT2D eigenvalue weighted by atomic mass is 16.6. The Labute approximate surface area is 475 Å². The van der Waals surface area contributed by atoms with E-state index >= 15 is 0 Å². The minimum absolute atomic E-state index is 0.0957. The van der Waals surface area contributed by atoms with Gasteiger partial charge in [-0.25, -0.2) is 0 Å². The van der Waals surface area contributed by atoms with Gasteiger partial charge in [0.25, 0.3) is 0 Å². The molecule has 0 saturated heterocycles. The molecular formula is C71H118O6. The lowest BCUT2D eigenvalue weighted by Crippen LogP contribution is -2.30. The average molecular weight is 1070 g/mol. The van der Waals surface area contributed by atoms with Crippen molar-refractivity contribution >= 4 is 17.9 Å². The third-order valence-corrected chi connectivity index (χ3v) is 13.4. The van der Waals surface area contributed by atoms with Crippen molar-refractivity contribution in [3.05, 3.63) is 122 Å². The summed E-state index contributed by atoms with van der Waals surface area (Å²) in [4.78, 5) is 38.3. The number of unbranched alkanes of at least 4 members (excludes halogenated alkanes) is 26. The third kappa shape index (κ3) is 62.5. The highest BCUT2D eigenvalue weighted by molar-refractivity contribution is 5.71. The van der Waals surface area contributed by atoms with E-state index in [-0.39, 0.29) is 31.1 Å². The quantitative estimate of drug-likeness (QED) is 0.0261. The summed E-state index contributed by atoms with van der Waals surface area (Å²) in [7, 11) is 0. The summed E-state index contributed by atoms with van der Waals surface area (Å²) in [6.07, 6.45) is 89.2. The average Bonchev–Trinajstić information content (AvgIpc) is 3.43. The van der Waals surface area contributed by atoms with Crippen molar-refractivity contribution in [3.63, 3.8) is 0 Å². The predicted octanol–water partition coefficient (Wildman–Crippen LogP) is 22.0. The van der Waals surface area contributed by atoms with Crippen molar-refractivity contribution in [2.24, 2.45) is 0 Å². The molecule has 0 N–H and O–H groups in total. The first-order valence-electron chi connectivity index (χ1n) is 32.0. The van der Waals surface area contributed by atoms with Gasteiger partial charge >= 0.3 is 17.9 Å². The molecule has 0 aliphatic heterocycles. The number of carbonyl (C=O) groups excluding carboxylic acids is 3. The molecule has 77 heavy (non-hydrogen) atoms. The molecular weight excluding hydrogens is 949 g/mol. The van der Waals surface area contributed by atoms with Gasteiger partial charge in [-0.1, -0.05) is 264 Å². The van der Waals surface area contributed by atoms with E-state index in [4.69, 9.17) is 14.2 Å². The predicted molar refractivity (Wildman–Crippen MR) is 334 cm³/mol. The summed E-state index contributed by atoms with van der Waals surface area (Å²) in [6.45, 7) is 6.38. The van der Waals surface area contributed by atoms with Crippen LogP contribution in [0.5, 0.6) is 0 Å². The Kier molecular flexibility index (Phi) is 60.8. The Morgan fingerprint density at radius 1 is 0.273 bits per heavy atom. The lowest BCUT2D eigenvalue weighted by Gasteiger charge is -2.18. The summed E-state index contributed by atoms with van der Waals surface area (Å²) >= 11 is 0. The molecule has 0 aliphatic carbocycles. The van der Waals surface area contributed by atoms with E-state index in [1.165, 1.54) is 116 Å². The first kappa shape index (κ1) is 72.8. The van der Waals surface area contributed by atoms with Gasteiger partial charge in [0.2, 0.25) is 0 Å². The van der Waals surface area contributed by atoms with Crippen LogP contribution in [-0.4, -0.2) is 37.2 Å². The summed E-state index contributed by atoms with van der Waals surface area (Å²) in [6, 6.07) is 0. The van der Waals surface area contributed by atoms with Crippen LogP contribution in [0.1, 0.15) is 290 Å². The van der Waals surface area contributed by atoms with Crippen molar-refractivity contribution < 1.29 is 28.6 Å². The van der Waals surface area contributed by atoms with Crippen LogP contribution < -0.4 is 0 Å². The van der Waals surface area contributed by atoms with Crippen molar-refractivity contribution in [2.45, 2.75) is 297 Å². The lowest BCUT2D eigenvalue weighted by atomic mass is 10.0. The second-order valence-corrected chi connectivity index (χ2v) is 20.9. The highest BCUT2D eigenvalue weighted by Gasteiger charge is 2.19. The van der Waals surface area contributed by atoms with E-state index in [1.54, 1.807) is 0 Å². The van der Waals surface area contributed by atoms with Gasteiger partial charge in [-0.05, 0) is 128 Å². The lowest BCUT2D eigenvalue weighted by molar-refractivity contribution is -0.167. The van der Waals surface area contributed by atoms with Gasteiger partial charge in [-0.15, -0.1) is 0 Å². The molecule has 6 heteroatoms. The van der Waals surface area contributed by atoms with E-state index in [2.05, 4.69) is 142 Å². The Bertz CT molecular complexity index is 1600. The zero-order valence-corrected chi connectivity index (χ0v) is 50.2. The first-order valence-corrected chi connectivity index (χ1v) is 32.0. The zero-order valence-electron chi connectivity index (χ0n) is 50.2. The molecule has 438 valence electrons. The largest absolute Gasteiger partial charge is 0.462 e. The van der Waals surface area contributed by atoms with Crippen LogP contribution in [0, 0.1) is 0 Å². The molecule has 0 aliphatic rings. The number of allylic oxidation sites excluding steroid dienone is 20. The smallest absolute Gasteiger partial charge is 0.306 e. The number of hydrogen-bond donors (Lipinski definition) is 0. The van der Waals surface area contributed by atoms with Gasteiger partial charge in [0.05, 0.1) is 0 Å². The molecule has 0 rings (SSSR count). The summed E-state index contributed by atoms with van der Waals surface area (Å²) in [5, 5.41) is 0. The third-order valence-electron chi connectivity index (χ3n) is 13.4. The number of ether oxygens (including phenoxy) is 3. The number of esters is 3. The summed E-state index contributed by atoms with van der Waals surface area (Å²) in [5.41, 5.74) is 0. The molecule has 6 nitrogen and oxygen atoms in total. The normalized spacial score (nSPS) is 12.9. The van der Waals surface area contributed by atoms with Crippen molar-refractivity contribution in [3.8, 4) is 0 Å². The fourth-order valence-electron chi connectivity index (χ4n) is 8.69. The zero-order chi connectivity index (χ0) is 55.7. The SMILES string of the molecule is CC/C=C\C/C=C\C/C=C\C/C=C\CCCCCCCCCCCCCCC(=O)OCC(COC(=O)CCCCC/C=C\C/C=C\C/C=C\CC)OC(=O)CCCCCCCC/C=C\C/C=C\C/C=C\CCCCCCC. The molecule has 0 amide bonds. The minimum Gasteiger partial charge on any atom is -0.462 e. The second-order valence-electron chi connectivity index (χ2n) is 20.9. The highest BCUT2D eigenvalue weighted by Crippen LogP contribution is 2.15. The van der Waals surface area contributed by atoms with Crippen molar-refractivity contribution in [2.75, 3.05) is 13.2 Å². The van der Waals surface area contributed by atoms with Crippen LogP contribution in [0.4, 0.5) is 0 Å². The molecule has 0 bridgehead atoms. The fraction of sp³-hybridized carbons (Fsp3) is 0.676. The maximum atomic E-state index is 12.9. The van der Waals surface area contributed by atoms with Crippen LogP contribution in [-0.2, 0) is 28.6 Å². The molecule has 1 unspecified atom stereocenters. The monoisotopic (exact) mass is 1070 g/mol. The first-order chi connectivity index (χ1) is 38.0. The van der Waals surface area contributed by atoms with E-state index in [9.17, 15) is 14.4 Å². The summed E-state index contributed by atoms with van der Waals surface area (Å²) in [5.74, 6) is -0.937. The molecule has 0 aromatic heterocycles. The van der Waals surface area contributed by atoms with E-state index in [0.717, 1.165) is 135 Å². The minimum atomic E-state index is -0.802. The Morgan fingerprint density at radius 3 is 0.805 bits per heavy atom. The Morgan fingerprint density at radius 2 is 0.506 bits per heavy atom. The van der Waals surface area contributed by atoms with Crippen LogP contribution in [0.15, 0.2) is 122 Å². The number of rotatable bonds is 57. The van der Waals surface area contributed by atoms with Gasteiger partial charge in [-0.3, -0.25) is 14.4 Å². The molecule has 0 aromatic carbocycles. The molecule has 0 heterocycles. The van der Waals surface area contributed by atoms with Gasteiger partial charge in [0.15, 0.2) is 6.10 Å². The second kappa shape index (κ2) is 64.3. The van der Waals surface area contributed by atoms with Crippen LogP contribution in [0.2, 0.25) is 0 Å². The number of carbonyl (C=O) groups is 3. The molecule has 0 spiro atoms. The van der Waals surface area contributed by atoms with Gasteiger partial charge in [0.1, 0.15) is 13.2 Å². The maximum Gasteiger partial charge on any atom is 0.306 e. The van der Waals surface area contributed by atoms with Crippen molar-refractivity contribution in [1.82, 2.24) is 0 Å². The standard InChI is InChI=1S/C71H118O6/c1-4-7-10-13-16-19-22-25-27-29-31-33-34-35-36-38-39-41-43-46-49-52-55-58-61-64-70(73)76-67-68(66-75-69(72)63-60-57-54-51-48-45-24-21-18-15-12-9-6-3)77-71(74)65-62-59-56-53-50-47-44-42-40-37-32-30-28-26-23-20-17-14-11-8-5-2/h7,9-10,12,16,18-19,21,23,25-27,30-33,40,42,45,48,68H,4-6,8,11,13-15,17,20,22,24,28-29,34-39,41,43-44,46-47,49-67H2,1-3H3/b10-7-,12-9-,19-16-,21-18-,26-23-,27-25-,32-30-,33-31-,42-40-,48-45-. The maximum absolute atomic E-state index is 12.9. The molecule has 0 radical (unpaired) electrons. The molecule has 1 atom stereocenters. The topological polar surface area (TPSA) is 78.9 Å². The van der Waals surface area contributed by atoms with Gasteiger partial charge in [0, 0.05) is 19.3 Å².